The van der Waals surface area contributed by atoms with Crippen molar-refractivity contribution in [2.24, 2.45) is 0 Å². The summed E-state index contributed by atoms with van der Waals surface area (Å²) in [5, 5.41) is 16.5. The highest BCUT2D eigenvalue weighted by atomic mass is 32.1. The maximum absolute atomic E-state index is 10.1. The molecule has 3 aromatic rings. The molecule has 0 unspecified atom stereocenters. The lowest BCUT2D eigenvalue weighted by Crippen LogP contribution is -2.28. The Labute approximate surface area is 163 Å². The van der Waals surface area contributed by atoms with Crippen LogP contribution in [-0.2, 0) is 6.54 Å². The summed E-state index contributed by atoms with van der Waals surface area (Å²) in [5.41, 5.74) is 2.07. The van der Waals surface area contributed by atoms with E-state index < -0.39 is 0 Å². The third kappa shape index (κ3) is 4.01. The largest absolute Gasteiger partial charge is 0.504 e. The van der Waals surface area contributed by atoms with Crippen molar-refractivity contribution in [2.75, 3.05) is 13.7 Å². The van der Waals surface area contributed by atoms with Gasteiger partial charge in [0.2, 0.25) is 0 Å². The fourth-order valence-electron chi connectivity index (χ4n) is 3.74. The van der Waals surface area contributed by atoms with Crippen LogP contribution in [0.2, 0.25) is 0 Å². The molecule has 27 heavy (non-hydrogen) atoms. The Morgan fingerprint density at radius 3 is 2.96 bits per heavy atom. The third-order valence-corrected chi connectivity index (χ3v) is 6.01. The topological polar surface area (TPSA) is 58.7 Å². The lowest BCUT2D eigenvalue weighted by molar-refractivity contribution is 0.184. The van der Waals surface area contributed by atoms with Crippen LogP contribution >= 0.6 is 11.3 Å². The Morgan fingerprint density at radius 1 is 1.26 bits per heavy atom. The van der Waals surface area contributed by atoms with Crippen molar-refractivity contribution < 1.29 is 14.4 Å². The van der Waals surface area contributed by atoms with Gasteiger partial charge in [-0.25, -0.2) is 0 Å². The fraction of sp³-hybridized carbons (Fsp3) is 0.381. The van der Waals surface area contributed by atoms with Crippen LogP contribution in [0, 0.1) is 0 Å². The normalized spacial score (nSPS) is 18.3. The highest BCUT2D eigenvalue weighted by Gasteiger charge is 2.26. The lowest BCUT2D eigenvalue weighted by Gasteiger charge is -2.28. The third-order valence-electron chi connectivity index (χ3n) is 5.13. The van der Waals surface area contributed by atoms with Crippen molar-refractivity contribution in [3.05, 3.63) is 53.0 Å². The second kappa shape index (κ2) is 8.15. The number of ether oxygens (including phenoxy) is 1. The highest BCUT2D eigenvalue weighted by Crippen LogP contribution is 2.35. The molecule has 1 fully saturated rings. The summed E-state index contributed by atoms with van der Waals surface area (Å²) >= 11 is 1.66. The van der Waals surface area contributed by atoms with E-state index >= 15 is 0 Å². The number of phenols is 1. The number of thiophene rings is 1. The van der Waals surface area contributed by atoms with Gasteiger partial charge in [0.15, 0.2) is 17.3 Å². The highest BCUT2D eigenvalue weighted by molar-refractivity contribution is 7.13. The van der Waals surface area contributed by atoms with Gasteiger partial charge in [-0.1, -0.05) is 30.1 Å². The van der Waals surface area contributed by atoms with Gasteiger partial charge in [0.05, 0.1) is 18.0 Å². The number of benzene rings is 1. The Balaban J connectivity index is 1.57. The second-order valence-corrected chi connectivity index (χ2v) is 7.88. The Hall–Kier alpha value is -2.31. The maximum atomic E-state index is 10.1. The molecule has 2 aromatic heterocycles. The summed E-state index contributed by atoms with van der Waals surface area (Å²) in [6.45, 7) is 1.78. The SMILES string of the molecule is COc1ccc(CN2CCCCC[C@H]2c2cc(-c3cccs3)on2)cc1O. The average molecular weight is 385 g/mol. The van der Waals surface area contributed by atoms with Gasteiger partial charge in [-0.15, -0.1) is 11.3 Å². The Bertz CT molecular complexity index is 875. The van der Waals surface area contributed by atoms with Gasteiger partial charge in [-0.05, 0) is 48.5 Å². The van der Waals surface area contributed by atoms with Crippen LogP contribution in [0.15, 0.2) is 46.3 Å². The zero-order valence-corrected chi connectivity index (χ0v) is 16.2. The van der Waals surface area contributed by atoms with Crippen molar-refractivity contribution in [3.63, 3.8) is 0 Å². The molecule has 0 spiro atoms. The molecule has 1 saturated heterocycles. The van der Waals surface area contributed by atoms with Crippen LogP contribution in [0.4, 0.5) is 0 Å². The maximum Gasteiger partial charge on any atom is 0.177 e. The summed E-state index contributed by atoms with van der Waals surface area (Å²) in [7, 11) is 1.56. The van der Waals surface area contributed by atoms with Gasteiger partial charge in [0.1, 0.15) is 5.69 Å². The molecule has 1 aliphatic rings. The number of aromatic hydroxyl groups is 1. The first kappa shape index (κ1) is 18.1. The van der Waals surface area contributed by atoms with E-state index in [4.69, 9.17) is 9.26 Å². The molecule has 0 saturated carbocycles. The van der Waals surface area contributed by atoms with E-state index in [2.05, 4.69) is 22.2 Å². The summed E-state index contributed by atoms with van der Waals surface area (Å²) in [6.07, 6.45) is 4.67. The molecule has 6 heteroatoms. The number of rotatable bonds is 5. The van der Waals surface area contributed by atoms with Gasteiger partial charge in [-0.3, -0.25) is 4.90 Å². The first-order valence-electron chi connectivity index (χ1n) is 9.35. The molecule has 1 aliphatic heterocycles. The minimum atomic E-state index is 0.183. The molecule has 0 radical (unpaired) electrons. The number of aromatic nitrogens is 1. The number of hydrogen-bond acceptors (Lipinski definition) is 6. The van der Waals surface area contributed by atoms with Crippen molar-refractivity contribution >= 4 is 11.3 Å². The summed E-state index contributed by atoms with van der Waals surface area (Å²) in [5.74, 6) is 1.53. The van der Waals surface area contributed by atoms with Crippen LogP contribution in [-0.4, -0.2) is 28.8 Å². The summed E-state index contributed by atoms with van der Waals surface area (Å²) in [4.78, 5) is 3.55. The van der Waals surface area contributed by atoms with Crippen molar-refractivity contribution in [2.45, 2.75) is 38.3 Å². The molecule has 3 heterocycles. The quantitative estimate of drug-likeness (QED) is 0.652. The molecule has 0 amide bonds. The molecule has 4 rings (SSSR count). The van der Waals surface area contributed by atoms with Crippen LogP contribution < -0.4 is 4.74 Å². The van der Waals surface area contributed by atoms with E-state index in [1.54, 1.807) is 24.5 Å². The minimum absolute atomic E-state index is 0.183. The van der Waals surface area contributed by atoms with Gasteiger partial charge >= 0.3 is 0 Å². The van der Waals surface area contributed by atoms with Crippen molar-refractivity contribution in [3.8, 4) is 22.1 Å². The van der Waals surface area contributed by atoms with Crippen LogP contribution in [0.5, 0.6) is 11.5 Å². The van der Waals surface area contributed by atoms with Gasteiger partial charge in [0.25, 0.3) is 0 Å². The predicted molar refractivity (Wildman–Crippen MR) is 106 cm³/mol. The van der Waals surface area contributed by atoms with E-state index in [-0.39, 0.29) is 11.8 Å². The average Bonchev–Trinajstić information content (AvgIpc) is 3.32. The number of nitrogens with zero attached hydrogens (tertiary/aromatic N) is 2. The van der Waals surface area contributed by atoms with Crippen molar-refractivity contribution in [1.29, 1.82) is 0 Å². The Kier molecular flexibility index (Phi) is 5.45. The van der Waals surface area contributed by atoms with E-state index in [9.17, 15) is 5.11 Å². The standard InChI is InChI=1S/C21H24N2O3S/c1-25-19-9-8-15(12-18(19)24)14-23-10-4-2-3-6-17(23)16-13-20(26-22-16)21-7-5-11-27-21/h5,7-9,11-13,17,24H,2-4,6,10,14H2,1H3/t17-/m0/s1. The molecular weight excluding hydrogens is 360 g/mol. The van der Waals surface area contributed by atoms with Gasteiger partial charge in [-0.2, -0.15) is 0 Å². The molecule has 1 N–H and O–H groups in total. The molecule has 1 atom stereocenters. The smallest absolute Gasteiger partial charge is 0.177 e. The zero-order valence-electron chi connectivity index (χ0n) is 15.4. The summed E-state index contributed by atoms with van der Waals surface area (Å²) < 4.78 is 10.8. The number of methoxy groups -OCH3 is 1. The predicted octanol–water partition coefficient (Wildman–Crippen LogP) is 5.23. The number of hydrogen-bond donors (Lipinski definition) is 1. The first-order chi connectivity index (χ1) is 13.2. The molecular formula is C21H24N2O3S. The van der Waals surface area contributed by atoms with Crippen LogP contribution in [0.3, 0.4) is 0 Å². The molecule has 0 aliphatic carbocycles. The second-order valence-electron chi connectivity index (χ2n) is 6.94. The Morgan fingerprint density at radius 2 is 2.19 bits per heavy atom. The van der Waals surface area contributed by atoms with Gasteiger partial charge in [0, 0.05) is 12.6 Å². The van der Waals surface area contributed by atoms with E-state index in [0.717, 1.165) is 41.4 Å². The minimum Gasteiger partial charge on any atom is -0.504 e. The summed E-state index contributed by atoms with van der Waals surface area (Å²) in [6, 6.07) is 12.0. The molecule has 0 bridgehead atoms. The first-order valence-corrected chi connectivity index (χ1v) is 10.2. The van der Waals surface area contributed by atoms with Gasteiger partial charge < -0.3 is 14.4 Å². The van der Waals surface area contributed by atoms with E-state index in [1.807, 2.05) is 23.6 Å². The molecule has 1 aromatic carbocycles. The monoisotopic (exact) mass is 384 g/mol. The van der Waals surface area contributed by atoms with Crippen LogP contribution in [0.1, 0.15) is 43.0 Å². The zero-order chi connectivity index (χ0) is 18.6. The fourth-order valence-corrected chi connectivity index (χ4v) is 4.41. The van der Waals surface area contributed by atoms with E-state index in [1.165, 1.54) is 19.3 Å². The molecule has 5 nitrogen and oxygen atoms in total. The number of phenolic OH excluding ortho intramolecular Hbond substituents is 1. The number of likely N-dealkylation sites (tertiary alicyclic amines) is 1. The molecule has 142 valence electrons. The van der Waals surface area contributed by atoms with Crippen LogP contribution in [0.25, 0.3) is 10.6 Å². The lowest BCUT2D eigenvalue weighted by atomic mass is 10.1. The van der Waals surface area contributed by atoms with E-state index in [0.29, 0.717) is 5.75 Å². The van der Waals surface area contributed by atoms with Crippen molar-refractivity contribution in [1.82, 2.24) is 10.1 Å².